The first-order chi connectivity index (χ1) is 15.4. The SMILES string of the molecule is CCCCCCCCCCCCCCCCCC(=O)OCC(CO)OP(=O)(O)OCCN. The summed E-state index contributed by atoms with van der Waals surface area (Å²) in [5, 5.41) is 9.22. The minimum atomic E-state index is -4.33. The van der Waals surface area contributed by atoms with E-state index in [-0.39, 0.29) is 26.2 Å². The third-order valence-electron chi connectivity index (χ3n) is 5.27. The van der Waals surface area contributed by atoms with Crippen LogP contribution in [0.4, 0.5) is 0 Å². The zero-order chi connectivity index (χ0) is 23.9. The summed E-state index contributed by atoms with van der Waals surface area (Å²) in [5.41, 5.74) is 5.20. The van der Waals surface area contributed by atoms with Crippen LogP contribution in [0.1, 0.15) is 110 Å². The molecule has 0 aromatic rings. The number of aliphatic hydroxyl groups excluding tert-OH is 1. The third-order valence-corrected chi connectivity index (χ3v) is 6.35. The number of esters is 1. The predicted molar refractivity (Wildman–Crippen MR) is 127 cm³/mol. The van der Waals surface area contributed by atoms with E-state index >= 15 is 0 Å². The lowest BCUT2D eigenvalue weighted by molar-refractivity contribution is -0.147. The van der Waals surface area contributed by atoms with Crippen molar-refractivity contribution in [2.24, 2.45) is 5.73 Å². The van der Waals surface area contributed by atoms with Gasteiger partial charge < -0.3 is 20.5 Å². The number of hydrogen-bond donors (Lipinski definition) is 3. The summed E-state index contributed by atoms with van der Waals surface area (Å²) < 4.78 is 26.0. The molecule has 2 unspecified atom stereocenters. The Labute approximate surface area is 195 Å². The van der Waals surface area contributed by atoms with Gasteiger partial charge in [0, 0.05) is 13.0 Å². The van der Waals surface area contributed by atoms with Crippen LogP contribution in [0.2, 0.25) is 0 Å². The van der Waals surface area contributed by atoms with Crippen LogP contribution >= 0.6 is 7.82 Å². The van der Waals surface area contributed by atoms with Gasteiger partial charge in [-0.2, -0.15) is 0 Å². The van der Waals surface area contributed by atoms with Gasteiger partial charge in [0.25, 0.3) is 0 Å². The van der Waals surface area contributed by atoms with E-state index in [1.165, 1.54) is 77.0 Å². The molecule has 0 aromatic carbocycles. The second-order valence-corrected chi connectivity index (χ2v) is 9.79. The van der Waals surface area contributed by atoms with E-state index < -0.39 is 26.5 Å². The van der Waals surface area contributed by atoms with Crippen molar-refractivity contribution in [2.75, 3.05) is 26.4 Å². The molecule has 0 aromatic heterocycles. The van der Waals surface area contributed by atoms with Crippen LogP contribution in [0, 0.1) is 0 Å². The number of phosphoric ester groups is 1. The van der Waals surface area contributed by atoms with Gasteiger partial charge in [-0.1, -0.05) is 96.8 Å². The highest BCUT2D eigenvalue weighted by Gasteiger charge is 2.27. The van der Waals surface area contributed by atoms with Gasteiger partial charge in [-0.25, -0.2) is 4.57 Å². The van der Waals surface area contributed by atoms with Crippen molar-refractivity contribution in [3.63, 3.8) is 0 Å². The van der Waals surface area contributed by atoms with Crippen LogP contribution in [-0.4, -0.2) is 48.4 Å². The summed E-state index contributed by atoms with van der Waals surface area (Å²) in [5.74, 6) is -0.405. The Kier molecular flexibility index (Phi) is 22.0. The molecule has 0 fully saturated rings. The fourth-order valence-electron chi connectivity index (χ4n) is 3.40. The Morgan fingerprint density at radius 2 is 1.34 bits per heavy atom. The zero-order valence-electron chi connectivity index (χ0n) is 20.2. The molecular weight excluding hydrogens is 433 g/mol. The van der Waals surface area contributed by atoms with Gasteiger partial charge in [0.05, 0.1) is 13.2 Å². The van der Waals surface area contributed by atoms with Gasteiger partial charge >= 0.3 is 13.8 Å². The first kappa shape index (κ1) is 31.5. The molecular formula is C23H48NO7P. The largest absolute Gasteiger partial charge is 0.472 e. The first-order valence-corrected chi connectivity index (χ1v) is 14.1. The molecule has 0 aliphatic heterocycles. The summed E-state index contributed by atoms with van der Waals surface area (Å²) in [6.45, 7) is 1.30. The Bertz CT molecular complexity index is 479. The highest BCUT2D eigenvalue weighted by Crippen LogP contribution is 2.44. The highest BCUT2D eigenvalue weighted by atomic mass is 31.2. The molecule has 8 nitrogen and oxygen atoms in total. The summed E-state index contributed by atoms with van der Waals surface area (Å²) in [6.07, 6.45) is 18.0. The van der Waals surface area contributed by atoms with E-state index in [2.05, 4.69) is 11.4 Å². The lowest BCUT2D eigenvalue weighted by Gasteiger charge is -2.18. The van der Waals surface area contributed by atoms with Crippen LogP contribution in [0.5, 0.6) is 0 Å². The maximum absolute atomic E-state index is 11.8. The number of aliphatic hydroxyl groups is 1. The van der Waals surface area contributed by atoms with E-state index in [1.54, 1.807) is 0 Å². The molecule has 0 aliphatic carbocycles. The molecule has 0 amide bonds. The van der Waals surface area contributed by atoms with Crippen molar-refractivity contribution < 1.29 is 33.1 Å². The van der Waals surface area contributed by atoms with E-state index in [0.29, 0.717) is 0 Å². The molecule has 0 saturated heterocycles. The summed E-state index contributed by atoms with van der Waals surface area (Å²) in [7, 11) is -4.33. The molecule has 0 bridgehead atoms. The van der Waals surface area contributed by atoms with Crippen molar-refractivity contribution in [3.05, 3.63) is 0 Å². The molecule has 4 N–H and O–H groups in total. The number of rotatable bonds is 24. The number of ether oxygens (including phenoxy) is 1. The Morgan fingerprint density at radius 1 is 0.875 bits per heavy atom. The number of carbonyl (C=O) groups excluding carboxylic acids is 1. The highest BCUT2D eigenvalue weighted by molar-refractivity contribution is 7.47. The van der Waals surface area contributed by atoms with Crippen LogP contribution in [-0.2, 0) is 23.1 Å². The predicted octanol–water partition coefficient (Wildman–Crippen LogP) is 5.24. The quantitative estimate of drug-likeness (QED) is 0.0969. The van der Waals surface area contributed by atoms with Gasteiger partial charge in [0.1, 0.15) is 12.7 Å². The summed E-state index contributed by atoms with van der Waals surface area (Å²) in [6, 6.07) is 0. The molecule has 0 rings (SSSR count). The van der Waals surface area contributed by atoms with Crippen LogP contribution < -0.4 is 5.73 Å². The molecule has 9 heteroatoms. The molecule has 0 aliphatic rings. The lowest BCUT2D eigenvalue weighted by atomic mass is 10.0. The van der Waals surface area contributed by atoms with Gasteiger partial charge in [-0.05, 0) is 6.42 Å². The molecule has 32 heavy (non-hydrogen) atoms. The average molecular weight is 482 g/mol. The monoisotopic (exact) mass is 481 g/mol. The summed E-state index contributed by atoms with van der Waals surface area (Å²) in [4.78, 5) is 21.3. The number of unbranched alkanes of at least 4 members (excludes halogenated alkanes) is 14. The minimum Gasteiger partial charge on any atom is -0.463 e. The third kappa shape index (κ3) is 21.4. The molecule has 0 heterocycles. The number of phosphoric acid groups is 1. The van der Waals surface area contributed by atoms with Crippen molar-refractivity contribution in [3.8, 4) is 0 Å². The topological polar surface area (TPSA) is 128 Å². The van der Waals surface area contributed by atoms with E-state index in [0.717, 1.165) is 19.3 Å². The zero-order valence-corrected chi connectivity index (χ0v) is 21.1. The second-order valence-electron chi connectivity index (χ2n) is 8.38. The van der Waals surface area contributed by atoms with Gasteiger partial charge in [0.15, 0.2) is 0 Å². The van der Waals surface area contributed by atoms with E-state index in [1.807, 2.05) is 0 Å². The molecule has 0 spiro atoms. The maximum atomic E-state index is 11.8. The Balaban J connectivity index is 3.53. The normalized spacial score (nSPS) is 14.2. The standard InChI is InChI=1S/C23H48NO7P/c1-2-3-4-5-6-7-8-9-10-11-12-13-14-15-16-17-23(26)29-21-22(20-25)31-32(27,28)30-19-18-24/h22,25H,2-21,24H2,1H3,(H,27,28). The number of hydrogen-bond acceptors (Lipinski definition) is 7. The van der Waals surface area contributed by atoms with Crippen LogP contribution in [0.15, 0.2) is 0 Å². The molecule has 0 radical (unpaired) electrons. The lowest BCUT2D eigenvalue weighted by Crippen LogP contribution is -2.25. The van der Waals surface area contributed by atoms with E-state index in [9.17, 15) is 19.4 Å². The first-order valence-electron chi connectivity index (χ1n) is 12.6. The number of carbonyl (C=O) groups is 1. The van der Waals surface area contributed by atoms with Crippen molar-refractivity contribution in [2.45, 2.75) is 116 Å². The van der Waals surface area contributed by atoms with Crippen molar-refractivity contribution in [1.82, 2.24) is 0 Å². The fourth-order valence-corrected chi connectivity index (χ4v) is 4.30. The smallest absolute Gasteiger partial charge is 0.463 e. The van der Waals surface area contributed by atoms with E-state index in [4.69, 9.17) is 15.0 Å². The molecule has 0 saturated carbocycles. The van der Waals surface area contributed by atoms with Crippen molar-refractivity contribution in [1.29, 1.82) is 0 Å². The molecule has 192 valence electrons. The Morgan fingerprint density at radius 3 is 1.78 bits per heavy atom. The van der Waals surface area contributed by atoms with Gasteiger partial charge in [-0.15, -0.1) is 0 Å². The fraction of sp³-hybridized carbons (Fsp3) is 0.957. The maximum Gasteiger partial charge on any atom is 0.472 e. The Hall–Kier alpha value is -0.500. The minimum absolute atomic E-state index is 0.0615. The average Bonchev–Trinajstić information content (AvgIpc) is 2.77. The van der Waals surface area contributed by atoms with Gasteiger partial charge in [-0.3, -0.25) is 13.8 Å². The van der Waals surface area contributed by atoms with Crippen LogP contribution in [0.25, 0.3) is 0 Å². The number of nitrogens with two attached hydrogens (primary N) is 1. The second kappa shape index (κ2) is 22.3. The summed E-state index contributed by atoms with van der Waals surface area (Å²) >= 11 is 0. The van der Waals surface area contributed by atoms with Crippen molar-refractivity contribution >= 4 is 13.8 Å². The van der Waals surface area contributed by atoms with Crippen LogP contribution in [0.3, 0.4) is 0 Å². The molecule has 2 atom stereocenters. The van der Waals surface area contributed by atoms with Gasteiger partial charge in [0.2, 0.25) is 0 Å².